The lowest BCUT2D eigenvalue weighted by molar-refractivity contribution is -0.122. The Morgan fingerprint density at radius 1 is 1.20 bits per heavy atom. The van der Waals surface area contributed by atoms with Gasteiger partial charge in [0.1, 0.15) is 5.75 Å². The quantitative estimate of drug-likeness (QED) is 0.721. The Hall–Kier alpha value is -2.57. The largest absolute Gasteiger partial charge is 0.484 e. The molecule has 7 nitrogen and oxygen atoms in total. The standard InChI is InChI=1S/C13H16N2O5/c1-2-7-14-13(19)15-11(16)8-20-10-5-3-9(4-6-10)12(17)18/h3-6H,2,7-8H2,1H3,(H,17,18)(H2,14,15,16,19). The van der Waals surface area contributed by atoms with Gasteiger partial charge < -0.3 is 15.2 Å². The minimum absolute atomic E-state index is 0.126. The number of nitrogens with one attached hydrogen (secondary N) is 2. The first-order chi connectivity index (χ1) is 9.52. The van der Waals surface area contributed by atoms with E-state index in [0.29, 0.717) is 12.3 Å². The highest BCUT2D eigenvalue weighted by atomic mass is 16.5. The highest BCUT2D eigenvalue weighted by Crippen LogP contribution is 2.11. The van der Waals surface area contributed by atoms with Crippen LogP contribution in [0.3, 0.4) is 0 Å². The molecule has 0 bridgehead atoms. The summed E-state index contributed by atoms with van der Waals surface area (Å²) in [6.07, 6.45) is 0.772. The minimum atomic E-state index is -1.04. The molecule has 1 rings (SSSR count). The van der Waals surface area contributed by atoms with Crippen LogP contribution in [0, 0.1) is 0 Å². The van der Waals surface area contributed by atoms with Crippen molar-refractivity contribution < 1.29 is 24.2 Å². The van der Waals surface area contributed by atoms with E-state index in [0.717, 1.165) is 6.42 Å². The highest BCUT2D eigenvalue weighted by molar-refractivity contribution is 5.95. The number of amides is 3. The Morgan fingerprint density at radius 2 is 1.85 bits per heavy atom. The van der Waals surface area contributed by atoms with Gasteiger partial charge in [-0.05, 0) is 30.7 Å². The molecule has 0 radical (unpaired) electrons. The number of ether oxygens (including phenoxy) is 1. The fourth-order valence-electron chi connectivity index (χ4n) is 1.29. The van der Waals surface area contributed by atoms with Gasteiger partial charge in [-0.1, -0.05) is 6.92 Å². The van der Waals surface area contributed by atoms with Crippen molar-refractivity contribution in [2.24, 2.45) is 0 Å². The summed E-state index contributed by atoms with van der Waals surface area (Å²) in [7, 11) is 0. The van der Waals surface area contributed by atoms with E-state index in [4.69, 9.17) is 9.84 Å². The van der Waals surface area contributed by atoms with Crippen LogP contribution >= 0.6 is 0 Å². The minimum Gasteiger partial charge on any atom is -0.484 e. The lowest BCUT2D eigenvalue weighted by Crippen LogP contribution is -2.41. The molecule has 0 aliphatic rings. The first kappa shape index (κ1) is 15.5. The topological polar surface area (TPSA) is 105 Å². The molecule has 0 spiro atoms. The van der Waals surface area contributed by atoms with Crippen LogP contribution in [0.1, 0.15) is 23.7 Å². The van der Waals surface area contributed by atoms with Gasteiger partial charge in [0.15, 0.2) is 6.61 Å². The van der Waals surface area contributed by atoms with E-state index >= 15 is 0 Å². The van der Waals surface area contributed by atoms with Gasteiger partial charge in [0.25, 0.3) is 5.91 Å². The summed E-state index contributed by atoms with van der Waals surface area (Å²) in [5.74, 6) is -1.28. The smallest absolute Gasteiger partial charge is 0.335 e. The monoisotopic (exact) mass is 280 g/mol. The molecule has 0 fully saturated rings. The van der Waals surface area contributed by atoms with Crippen LogP contribution < -0.4 is 15.4 Å². The maximum absolute atomic E-state index is 11.4. The highest BCUT2D eigenvalue weighted by Gasteiger charge is 2.08. The van der Waals surface area contributed by atoms with Crippen LogP contribution in [0.15, 0.2) is 24.3 Å². The molecular formula is C13H16N2O5. The van der Waals surface area contributed by atoms with Gasteiger partial charge >= 0.3 is 12.0 Å². The summed E-state index contributed by atoms with van der Waals surface area (Å²) in [4.78, 5) is 33.2. The molecule has 1 aromatic rings. The molecule has 0 atom stereocenters. The fourth-order valence-corrected chi connectivity index (χ4v) is 1.29. The molecule has 0 saturated carbocycles. The lowest BCUT2D eigenvalue weighted by atomic mass is 10.2. The maximum atomic E-state index is 11.4. The zero-order valence-electron chi connectivity index (χ0n) is 11.0. The van der Waals surface area contributed by atoms with Gasteiger partial charge in [0.2, 0.25) is 0 Å². The predicted molar refractivity (Wildman–Crippen MR) is 70.7 cm³/mol. The average Bonchev–Trinajstić information content (AvgIpc) is 2.43. The van der Waals surface area contributed by atoms with Gasteiger partial charge in [0, 0.05) is 6.54 Å². The summed E-state index contributed by atoms with van der Waals surface area (Å²) in [5, 5.41) is 13.3. The van der Waals surface area contributed by atoms with Gasteiger partial charge in [0.05, 0.1) is 5.56 Å². The SMILES string of the molecule is CCCNC(=O)NC(=O)COc1ccc(C(=O)O)cc1. The average molecular weight is 280 g/mol. The van der Waals surface area contributed by atoms with Gasteiger partial charge in [-0.15, -0.1) is 0 Å². The van der Waals surface area contributed by atoms with E-state index in [1.807, 2.05) is 6.92 Å². The van der Waals surface area contributed by atoms with E-state index in [1.165, 1.54) is 24.3 Å². The second-order valence-electron chi connectivity index (χ2n) is 3.92. The molecule has 0 saturated heterocycles. The number of benzene rings is 1. The Morgan fingerprint density at radius 3 is 2.40 bits per heavy atom. The van der Waals surface area contributed by atoms with Gasteiger partial charge in [-0.3, -0.25) is 10.1 Å². The number of hydrogen-bond donors (Lipinski definition) is 3. The zero-order valence-corrected chi connectivity index (χ0v) is 11.0. The van der Waals surface area contributed by atoms with Crippen molar-refractivity contribution in [2.75, 3.05) is 13.2 Å². The number of urea groups is 1. The van der Waals surface area contributed by atoms with Crippen LogP contribution in [0.5, 0.6) is 5.75 Å². The second-order valence-corrected chi connectivity index (χ2v) is 3.92. The fraction of sp³-hybridized carbons (Fsp3) is 0.308. The van der Waals surface area contributed by atoms with E-state index in [2.05, 4.69) is 10.6 Å². The van der Waals surface area contributed by atoms with Crippen LogP contribution in [-0.2, 0) is 4.79 Å². The number of imide groups is 1. The summed E-state index contributed by atoms with van der Waals surface area (Å²) in [5.41, 5.74) is 0.126. The number of hydrogen-bond acceptors (Lipinski definition) is 4. The molecule has 0 unspecified atom stereocenters. The molecule has 1 aromatic carbocycles. The first-order valence-corrected chi connectivity index (χ1v) is 6.06. The van der Waals surface area contributed by atoms with Gasteiger partial charge in [-0.25, -0.2) is 9.59 Å². The summed E-state index contributed by atoms with van der Waals surface area (Å²) in [6, 6.07) is 5.04. The molecule has 20 heavy (non-hydrogen) atoms. The number of carbonyl (C=O) groups excluding carboxylic acids is 2. The third-order valence-electron chi connectivity index (χ3n) is 2.26. The predicted octanol–water partition coefficient (Wildman–Crippen LogP) is 0.999. The number of carboxylic acid groups (broad SMARTS) is 1. The Labute approximate surface area is 115 Å². The lowest BCUT2D eigenvalue weighted by Gasteiger charge is -2.07. The number of aromatic carboxylic acids is 1. The van der Waals surface area contributed by atoms with Crippen molar-refractivity contribution in [2.45, 2.75) is 13.3 Å². The van der Waals surface area contributed by atoms with Crippen molar-refractivity contribution in [1.82, 2.24) is 10.6 Å². The molecule has 0 aliphatic heterocycles. The third-order valence-corrected chi connectivity index (χ3v) is 2.26. The van der Waals surface area contributed by atoms with Crippen LogP contribution in [0.2, 0.25) is 0 Å². The van der Waals surface area contributed by atoms with Crippen LogP contribution in [0.25, 0.3) is 0 Å². The number of rotatable bonds is 6. The van der Waals surface area contributed by atoms with E-state index in [9.17, 15) is 14.4 Å². The molecule has 3 amide bonds. The maximum Gasteiger partial charge on any atom is 0.335 e. The normalized spacial score (nSPS) is 9.65. The molecule has 108 valence electrons. The van der Waals surface area contributed by atoms with E-state index < -0.39 is 17.9 Å². The molecule has 7 heteroatoms. The molecule has 0 aliphatic carbocycles. The third kappa shape index (κ3) is 5.38. The Kier molecular flexibility index (Phi) is 6.02. The summed E-state index contributed by atoms with van der Waals surface area (Å²) < 4.78 is 5.12. The Balaban J connectivity index is 2.37. The summed E-state index contributed by atoms with van der Waals surface area (Å²) >= 11 is 0. The molecule has 0 heterocycles. The van der Waals surface area contributed by atoms with Crippen molar-refractivity contribution in [3.8, 4) is 5.75 Å². The molecule has 0 aromatic heterocycles. The van der Waals surface area contributed by atoms with Crippen molar-refractivity contribution in [1.29, 1.82) is 0 Å². The summed E-state index contributed by atoms with van der Waals surface area (Å²) in [6.45, 7) is 2.05. The van der Waals surface area contributed by atoms with Crippen LogP contribution in [0.4, 0.5) is 4.79 Å². The van der Waals surface area contributed by atoms with Gasteiger partial charge in [-0.2, -0.15) is 0 Å². The van der Waals surface area contributed by atoms with Crippen LogP contribution in [-0.4, -0.2) is 36.2 Å². The van der Waals surface area contributed by atoms with E-state index in [1.54, 1.807) is 0 Å². The zero-order chi connectivity index (χ0) is 15.0. The number of carboxylic acids is 1. The van der Waals surface area contributed by atoms with Crippen molar-refractivity contribution in [3.63, 3.8) is 0 Å². The van der Waals surface area contributed by atoms with Crippen molar-refractivity contribution in [3.05, 3.63) is 29.8 Å². The van der Waals surface area contributed by atoms with E-state index in [-0.39, 0.29) is 12.2 Å². The molecule has 3 N–H and O–H groups in total. The second kappa shape index (κ2) is 7.78. The number of carbonyl (C=O) groups is 3. The Bertz CT molecular complexity index is 484. The molecular weight excluding hydrogens is 264 g/mol. The first-order valence-electron chi connectivity index (χ1n) is 6.06. The van der Waals surface area contributed by atoms with Crippen molar-refractivity contribution >= 4 is 17.9 Å².